The summed E-state index contributed by atoms with van der Waals surface area (Å²) in [5.41, 5.74) is 0.217. The zero-order chi connectivity index (χ0) is 21.5. The maximum atomic E-state index is 12.9. The Morgan fingerprint density at radius 2 is 1.87 bits per heavy atom. The lowest BCUT2D eigenvalue weighted by Crippen LogP contribution is -2.37. The third-order valence-corrected chi connectivity index (χ3v) is 6.68. The Labute approximate surface area is 177 Å². The fraction of sp³-hybridized carbons (Fsp3) is 0.455. The molecule has 30 heavy (non-hydrogen) atoms. The third kappa shape index (κ3) is 4.00. The van der Waals surface area contributed by atoms with Crippen molar-refractivity contribution < 1.29 is 22.7 Å². The molecule has 1 aliphatic heterocycles. The number of rotatable bonds is 3. The van der Waals surface area contributed by atoms with Crippen LogP contribution >= 0.6 is 11.6 Å². The number of fused-ring (bicyclic) bond motifs is 2. The summed E-state index contributed by atoms with van der Waals surface area (Å²) in [5, 5.41) is 3.53. The number of pyridine rings is 1. The van der Waals surface area contributed by atoms with Crippen LogP contribution in [0.4, 0.5) is 18.9 Å². The number of benzene rings is 1. The van der Waals surface area contributed by atoms with Crippen LogP contribution in [0.25, 0.3) is 0 Å². The van der Waals surface area contributed by atoms with Crippen LogP contribution in [0.1, 0.15) is 43.9 Å². The first kappa shape index (κ1) is 21.0. The van der Waals surface area contributed by atoms with Crippen molar-refractivity contribution in [3.63, 3.8) is 0 Å². The molecule has 8 heteroatoms. The first-order valence-electron chi connectivity index (χ1n) is 9.96. The van der Waals surface area contributed by atoms with Crippen molar-refractivity contribution in [3.8, 4) is 5.88 Å². The van der Waals surface area contributed by atoms with Crippen LogP contribution in [0.3, 0.4) is 0 Å². The Balaban J connectivity index is 1.41. The number of hydrogen-bond donors (Lipinski definition) is 1. The molecule has 2 heterocycles. The number of nitrogens with zero attached hydrogens (tertiary/aromatic N) is 1. The number of aromatic nitrogens is 1. The molecule has 1 atom stereocenters. The second-order valence-electron chi connectivity index (χ2n) is 8.24. The highest BCUT2D eigenvalue weighted by molar-refractivity contribution is 6.30. The average Bonchev–Trinajstić information content (AvgIpc) is 3.07. The molecule has 1 N–H and O–H groups in total. The van der Waals surface area contributed by atoms with Crippen molar-refractivity contribution in [1.29, 1.82) is 0 Å². The zero-order valence-electron chi connectivity index (χ0n) is 16.4. The fourth-order valence-corrected chi connectivity index (χ4v) is 4.63. The molecule has 4 rings (SSSR count). The van der Waals surface area contributed by atoms with Crippen molar-refractivity contribution in [2.45, 2.75) is 44.2 Å². The van der Waals surface area contributed by atoms with Gasteiger partial charge in [0.2, 0.25) is 11.8 Å². The molecule has 1 aromatic carbocycles. The van der Waals surface area contributed by atoms with E-state index in [1.165, 1.54) is 6.07 Å². The van der Waals surface area contributed by atoms with Gasteiger partial charge in [-0.05, 0) is 61.9 Å². The van der Waals surface area contributed by atoms with Crippen LogP contribution in [0.15, 0.2) is 36.4 Å². The number of nitrogens with one attached hydrogen (secondary N) is 1. The predicted octanol–water partition coefficient (Wildman–Crippen LogP) is 5.85. The minimum Gasteiger partial charge on any atom is -0.476 e. The van der Waals surface area contributed by atoms with E-state index in [-0.39, 0.29) is 29.0 Å². The summed E-state index contributed by atoms with van der Waals surface area (Å²) in [6, 6.07) is 9.51. The van der Waals surface area contributed by atoms with Gasteiger partial charge in [0.25, 0.3) is 0 Å². The van der Waals surface area contributed by atoms with E-state index in [9.17, 15) is 18.0 Å². The van der Waals surface area contributed by atoms with E-state index < -0.39 is 11.9 Å². The number of hydrogen-bond acceptors (Lipinski definition) is 3. The maximum absolute atomic E-state index is 12.9. The average molecular weight is 439 g/mol. The van der Waals surface area contributed by atoms with Gasteiger partial charge >= 0.3 is 6.18 Å². The summed E-state index contributed by atoms with van der Waals surface area (Å²) >= 11 is 5.88. The Hall–Kier alpha value is -2.28. The number of halogens is 4. The van der Waals surface area contributed by atoms with E-state index >= 15 is 0 Å². The largest absolute Gasteiger partial charge is 0.476 e. The molecule has 1 saturated carbocycles. The number of carbonyl (C=O) groups is 1. The van der Waals surface area contributed by atoms with Crippen LogP contribution in [0.2, 0.25) is 5.02 Å². The van der Waals surface area contributed by atoms with Gasteiger partial charge in [0.15, 0.2) is 0 Å². The Morgan fingerprint density at radius 3 is 2.50 bits per heavy atom. The second kappa shape index (κ2) is 7.76. The molecule has 0 saturated heterocycles. The molecular weight excluding hydrogens is 417 g/mol. The third-order valence-electron chi connectivity index (χ3n) is 6.43. The van der Waals surface area contributed by atoms with E-state index in [1.54, 1.807) is 24.3 Å². The number of carbonyl (C=O) groups excluding carboxylic acids is 1. The van der Waals surface area contributed by atoms with Crippen molar-refractivity contribution in [2.75, 3.05) is 11.9 Å². The van der Waals surface area contributed by atoms with Gasteiger partial charge in [-0.2, -0.15) is 13.2 Å². The van der Waals surface area contributed by atoms with Gasteiger partial charge < -0.3 is 10.1 Å². The highest BCUT2D eigenvalue weighted by Crippen LogP contribution is 2.50. The van der Waals surface area contributed by atoms with Crippen molar-refractivity contribution >= 4 is 23.2 Å². The highest BCUT2D eigenvalue weighted by Gasteiger charge is 2.46. The fourth-order valence-electron chi connectivity index (χ4n) is 4.51. The van der Waals surface area contributed by atoms with Gasteiger partial charge in [0.05, 0.1) is 6.61 Å². The lowest BCUT2D eigenvalue weighted by atomic mass is 9.66. The SMILES string of the molecule is C[C@@H](C(=O)Nc1ccc(Cl)cc1)C1CCC2(CC1)COc1nc(C(F)(F)F)ccc12. The number of alkyl halides is 3. The summed E-state index contributed by atoms with van der Waals surface area (Å²) in [7, 11) is 0. The second-order valence-corrected chi connectivity index (χ2v) is 8.67. The van der Waals surface area contributed by atoms with E-state index in [2.05, 4.69) is 10.3 Å². The van der Waals surface area contributed by atoms with Gasteiger partial charge in [0, 0.05) is 27.6 Å². The van der Waals surface area contributed by atoms with Crippen molar-refractivity contribution in [1.82, 2.24) is 4.98 Å². The summed E-state index contributed by atoms with van der Waals surface area (Å²) < 4.78 is 44.3. The van der Waals surface area contributed by atoms with Crippen molar-refractivity contribution in [3.05, 3.63) is 52.7 Å². The Kier molecular flexibility index (Phi) is 5.43. The van der Waals surface area contributed by atoms with Gasteiger partial charge in [0.1, 0.15) is 5.69 Å². The summed E-state index contributed by atoms with van der Waals surface area (Å²) in [6.07, 6.45) is -1.36. The number of ether oxygens (including phenoxy) is 1. The molecule has 1 aliphatic carbocycles. The summed E-state index contributed by atoms with van der Waals surface area (Å²) in [4.78, 5) is 16.3. The molecule has 4 nitrogen and oxygen atoms in total. The first-order chi connectivity index (χ1) is 14.2. The number of anilines is 1. The van der Waals surface area contributed by atoms with E-state index in [0.29, 0.717) is 17.3 Å². The molecule has 2 aromatic rings. The quantitative estimate of drug-likeness (QED) is 0.654. The molecule has 160 valence electrons. The van der Waals surface area contributed by atoms with Gasteiger partial charge in [-0.3, -0.25) is 4.79 Å². The Bertz CT molecular complexity index is 938. The Morgan fingerprint density at radius 1 is 1.20 bits per heavy atom. The maximum Gasteiger partial charge on any atom is 0.433 e. The summed E-state index contributed by atoms with van der Waals surface area (Å²) in [5.74, 6) is 0.0783. The normalized spacial score (nSPS) is 24.2. The molecule has 1 fully saturated rings. The molecule has 0 radical (unpaired) electrons. The predicted molar refractivity (Wildman–Crippen MR) is 108 cm³/mol. The van der Waals surface area contributed by atoms with Gasteiger partial charge in [-0.1, -0.05) is 24.6 Å². The van der Waals surface area contributed by atoms with Gasteiger partial charge in [-0.25, -0.2) is 4.98 Å². The summed E-state index contributed by atoms with van der Waals surface area (Å²) in [6.45, 7) is 2.26. The van der Waals surface area contributed by atoms with Gasteiger partial charge in [-0.15, -0.1) is 0 Å². The van der Waals surface area contributed by atoms with Crippen LogP contribution in [-0.4, -0.2) is 17.5 Å². The van der Waals surface area contributed by atoms with Crippen LogP contribution < -0.4 is 10.1 Å². The van der Waals surface area contributed by atoms with E-state index in [4.69, 9.17) is 16.3 Å². The van der Waals surface area contributed by atoms with Crippen LogP contribution in [0.5, 0.6) is 5.88 Å². The first-order valence-corrected chi connectivity index (χ1v) is 10.3. The van der Waals surface area contributed by atoms with Crippen LogP contribution in [-0.2, 0) is 16.4 Å². The minimum atomic E-state index is -4.49. The molecule has 0 unspecified atom stereocenters. The molecule has 1 spiro atoms. The molecule has 0 bridgehead atoms. The smallest absolute Gasteiger partial charge is 0.433 e. The standard InChI is InChI=1S/C22H22ClF3N2O2/c1-13(19(29)27-16-4-2-15(23)3-5-16)14-8-10-21(11-9-14)12-30-20-17(21)6-7-18(28-20)22(24,25)26/h2-7,13-14H,8-12H2,1H3,(H,27,29)/t13-,14?,21?/m1/s1. The monoisotopic (exact) mass is 438 g/mol. The zero-order valence-corrected chi connectivity index (χ0v) is 17.2. The molecule has 1 aromatic heterocycles. The minimum absolute atomic E-state index is 0.0437. The lowest BCUT2D eigenvalue weighted by Gasteiger charge is -2.38. The number of amides is 1. The van der Waals surface area contributed by atoms with E-state index in [1.807, 2.05) is 6.92 Å². The molecule has 1 amide bonds. The topological polar surface area (TPSA) is 51.2 Å². The van der Waals surface area contributed by atoms with E-state index in [0.717, 1.165) is 37.3 Å². The van der Waals surface area contributed by atoms with Crippen molar-refractivity contribution in [2.24, 2.45) is 11.8 Å². The molecular formula is C22H22ClF3N2O2. The lowest BCUT2D eigenvalue weighted by molar-refractivity contribution is -0.141. The molecule has 2 aliphatic rings. The highest BCUT2D eigenvalue weighted by atomic mass is 35.5. The van der Waals surface area contributed by atoms with Crippen LogP contribution in [0, 0.1) is 11.8 Å².